The molecule has 0 saturated heterocycles. The molecule has 1 heterocycles. The van der Waals surface area contributed by atoms with E-state index in [9.17, 15) is 13.2 Å². The molecule has 0 spiro atoms. The monoisotopic (exact) mass is 305 g/mol. The average Bonchev–Trinajstić information content (AvgIpc) is 2.76. The van der Waals surface area contributed by atoms with Gasteiger partial charge in [-0.3, -0.25) is 0 Å². The van der Waals surface area contributed by atoms with Crippen molar-refractivity contribution in [2.45, 2.75) is 18.8 Å². The lowest BCUT2D eigenvalue weighted by atomic mass is 10.0. The highest BCUT2D eigenvalue weighted by Crippen LogP contribution is 2.27. The van der Waals surface area contributed by atoms with Crippen LogP contribution in [0.3, 0.4) is 0 Å². The van der Waals surface area contributed by atoms with Crippen molar-refractivity contribution in [1.82, 2.24) is 0 Å². The Morgan fingerprint density at radius 1 is 1.20 bits per heavy atom. The summed E-state index contributed by atoms with van der Waals surface area (Å²) >= 11 is 5.81. The van der Waals surface area contributed by atoms with Gasteiger partial charge in [-0.1, -0.05) is 12.1 Å². The number of alkyl halides is 3. The average molecular weight is 306 g/mol. The van der Waals surface area contributed by atoms with E-state index in [1.54, 1.807) is 6.07 Å². The van der Waals surface area contributed by atoms with Crippen LogP contribution in [0.25, 0.3) is 0 Å². The molecule has 2 N–H and O–H groups in total. The van der Waals surface area contributed by atoms with Crippen LogP contribution in [0.5, 0.6) is 5.75 Å². The van der Waals surface area contributed by atoms with Crippen molar-refractivity contribution in [3.05, 3.63) is 52.9 Å². The molecular weight excluding hydrogens is 295 g/mol. The van der Waals surface area contributed by atoms with Gasteiger partial charge in [0.1, 0.15) is 5.75 Å². The topological polar surface area (TPSA) is 48.4 Å². The smallest absolute Gasteiger partial charge is 0.453 e. The minimum absolute atomic E-state index is 0.217. The van der Waals surface area contributed by atoms with E-state index in [1.807, 2.05) is 0 Å². The zero-order chi connectivity index (χ0) is 14.8. The summed E-state index contributed by atoms with van der Waals surface area (Å²) in [6.45, 7) is 0. The van der Waals surface area contributed by atoms with Crippen LogP contribution in [0.2, 0.25) is 5.22 Å². The van der Waals surface area contributed by atoms with Crippen LogP contribution in [0, 0.1) is 0 Å². The maximum absolute atomic E-state index is 12.0. The molecular formula is C13H11ClF3NO2. The van der Waals surface area contributed by atoms with Gasteiger partial charge in [0.25, 0.3) is 0 Å². The Kier molecular flexibility index (Phi) is 4.25. The summed E-state index contributed by atoms with van der Waals surface area (Å²) < 4.78 is 44.8. The highest BCUT2D eigenvalue weighted by Gasteiger charge is 2.30. The van der Waals surface area contributed by atoms with Crippen LogP contribution in [0.4, 0.5) is 13.2 Å². The van der Waals surface area contributed by atoms with Crippen LogP contribution in [0.1, 0.15) is 17.2 Å². The molecule has 0 aliphatic rings. The lowest BCUT2D eigenvalue weighted by Crippen LogP contribution is -2.17. The van der Waals surface area contributed by atoms with Gasteiger partial charge in [-0.15, -0.1) is 13.2 Å². The van der Waals surface area contributed by atoms with Gasteiger partial charge in [-0.05, 0) is 41.8 Å². The number of halogens is 4. The maximum atomic E-state index is 12.0. The molecule has 1 aromatic carbocycles. The van der Waals surface area contributed by atoms with Gasteiger partial charge in [0.05, 0.1) is 6.26 Å². The molecule has 0 fully saturated rings. The first kappa shape index (κ1) is 14.7. The second kappa shape index (κ2) is 5.76. The lowest BCUT2D eigenvalue weighted by molar-refractivity contribution is -0.274. The normalized spacial score (nSPS) is 13.2. The van der Waals surface area contributed by atoms with Gasteiger partial charge in [-0.2, -0.15) is 0 Å². The molecule has 0 aliphatic carbocycles. The second-order valence-corrected chi connectivity index (χ2v) is 4.50. The molecule has 1 aromatic heterocycles. The molecule has 0 radical (unpaired) electrons. The van der Waals surface area contributed by atoms with Crippen LogP contribution in [-0.4, -0.2) is 6.36 Å². The quantitative estimate of drug-likeness (QED) is 0.926. The first-order chi connectivity index (χ1) is 9.35. The molecule has 0 aliphatic heterocycles. The molecule has 2 aromatic rings. The van der Waals surface area contributed by atoms with Gasteiger partial charge in [0.15, 0.2) is 5.22 Å². The molecule has 2 rings (SSSR count). The summed E-state index contributed by atoms with van der Waals surface area (Å²) in [5, 5.41) is 0.217. The highest BCUT2D eigenvalue weighted by atomic mass is 35.5. The van der Waals surface area contributed by atoms with E-state index < -0.39 is 12.4 Å². The van der Waals surface area contributed by atoms with Gasteiger partial charge >= 0.3 is 6.36 Å². The van der Waals surface area contributed by atoms with Crippen LogP contribution in [-0.2, 0) is 6.42 Å². The second-order valence-electron chi connectivity index (χ2n) is 4.15. The minimum Gasteiger partial charge on any atom is -0.453 e. The number of rotatable bonds is 4. The third kappa shape index (κ3) is 3.91. The fourth-order valence-corrected chi connectivity index (χ4v) is 2.02. The van der Waals surface area contributed by atoms with Crippen molar-refractivity contribution in [2.75, 3.05) is 0 Å². The van der Waals surface area contributed by atoms with Crippen molar-refractivity contribution < 1.29 is 22.3 Å². The van der Waals surface area contributed by atoms with Crippen molar-refractivity contribution in [1.29, 1.82) is 0 Å². The van der Waals surface area contributed by atoms with Gasteiger partial charge in [0, 0.05) is 11.6 Å². The standard InChI is InChI=1S/C13H11ClF3NO2/c14-12-10(5-6-19-12)11(18)7-8-1-3-9(4-2-8)20-13(15,16)17/h1-6,11H,7,18H2. The van der Waals surface area contributed by atoms with Crippen LogP contribution < -0.4 is 10.5 Å². The predicted octanol–water partition coefficient (Wildman–Crippen LogP) is 4.07. The number of hydrogen-bond donors (Lipinski definition) is 1. The van der Waals surface area contributed by atoms with E-state index in [0.717, 1.165) is 5.56 Å². The summed E-state index contributed by atoms with van der Waals surface area (Å²) in [7, 11) is 0. The van der Waals surface area contributed by atoms with Crippen molar-refractivity contribution >= 4 is 11.6 Å². The predicted molar refractivity (Wildman–Crippen MR) is 67.5 cm³/mol. The largest absolute Gasteiger partial charge is 0.573 e. The molecule has 108 valence electrons. The molecule has 0 saturated carbocycles. The lowest BCUT2D eigenvalue weighted by Gasteiger charge is -2.12. The number of furan rings is 1. The van der Waals surface area contributed by atoms with E-state index in [0.29, 0.717) is 12.0 Å². The summed E-state index contributed by atoms with van der Waals surface area (Å²) in [5.41, 5.74) is 7.38. The molecule has 0 amide bonds. The van der Waals surface area contributed by atoms with Crippen LogP contribution >= 0.6 is 11.6 Å². The van der Waals surface area contributed by atoms with Gasteiger partial charge in [0.2, 0.25) is 0 Å². The number of ether oxygens (including phenoxy) is 1. The summed E-state index contributed by atoms with van der Waals surface area (Å²) in [5.74, 6) is -0.267. The van der Waals surface area contributed by atoms with Gasteiger partial charge in [-0.25, -0.2) is 0 Å². The minimum atomic E-state index is -4.69. The third-order valence-electron chi connectivity index (χ3n) is 2.66. The first-order valence-electron chi connectivity index (χ1n) is 5.68. The first-order valence-corrected chi connectivity index (χ1v) is 6.06. The van der Waals surface area contributed by atoms with E-state index in [2.05, 4.69) is 4.74 Å². The maximum Gasteiger partial charge on any atom is 0.573 e. The Labute approximate surface area is 118 Å². The third-order valence-corrected chi connectivity index (χ3v) is 2.97. The molecule has 7 heteroatoms. The van der Waals surface area contributed by atoms with Gasteiger partial charge < -0.3 is 14.9 Å². The van der Waals surface area contributed by atoms with E-state index in [-0.39, 0.29) is 11.0 Å². The van der Waals surface area contributed by atoms with E-state index in [1.165, 1.54) is 30.5 Å². The van der Waals surface area contributed by atoms with Crippen LogP contribution in [0.15, 0.2) is 41.0 Å². The SMILES string of the molecule is NC(Cc1ccc(OC(F)(F)F)cc1)c1ccoc1Cl. The zero-order valence-corrected chi connectivity index (χ0v) is 10.9. The van der Waals surface area contributed by atoms with Crippen molar-refractivity contribution in [3.63, 3.8) is 0 Å². The highest BCUT2D eigenvalue weighted by molar-refractivity contribution is 6.29. The zero-order valence-electron chi connectivity index (χ0n) is 10.2. The van der Waals surface area contributed by atoms with Crippen molar-refractivity contribution in [2.24, 2.45) is 5.73 Å². The summed E-state index contributed by atoms with van der Waals surface area (Å²) in [4.78, 5) is 0. The van der Waals surface area contributed by atoms with Crippen molar-refractivity contribution in [3.8, 4) is 5.75 Å². The Balaban J connectivity index is 2.02. The molecule has 20 heavy (non-hydrogen) atoms. The summed E-state index contributed by atoms with van der Waals surface area (Å²) in [6.07, 6.45) is -2.84. The number of nitrogens with two attached hydrogens (primary N) is 1. The fourth-order valence-electron chi connectivity index (χ4n) is 1.76. The number of hydrogen-bond acceptors (Lipinski definition) is 3. The molecule has 3 nitrogen and oxygen atoms in total. The Hall–Kier alpha value is -1.66. The fraction of sp³-hybridized carbons (Fsp3) is 0.231. The number of benzene rings is 1. The summed E-state index contributed by atoms with van der Waals surface area (Å²) in [6, 6.07) is 6.80. The Morgan fingerprint density at radius 2 is 1.85 bits per heavy atom. The molecule has 1 atom stereocenters. The molecule has 0 bridgehead atoms. The molecule has 1 unspecified atom stereocenters. The van der Waals surface area contributed by atoms with E-state index in [4.69, 9.17) is 21.8 Å². The Morgan fingerprint density at radius 3 is 2.35 bits per heavy atom. The Bertz CT molecular complexity index is 566. The van der Waals surface area contributed by atoms with E-state index >= 15 is 0 Å².